The van der Waals surface area contributed by atoms with Gasteiger partial charge in [-0.1, -0.05) is 34.8 Å². The van der Waals surface area contributed by atoms with E-state index < -0.39 is 0 Å². The van der Waals surface area contributed by atoms with Crippen LogP contribution in [-0.4, -0.2) is 17.0 Å². The maximum Gasteiger partial charge on any atom is 0.243 e. The molecule has 1 aromatic carbocycles. The molecule has 5 nitrogen and oxygen atoms in total. The summed E-state index contributed by atoms with van der Waals surface area (Å²) < 4.78 is 1.09. The van der Waals surface area contributed by atoms with E-state index in [2.05, 4.69) is 33.4 Å². The van der Waals surface area contributed by atoms with Gasteiger partial charge in [0, 0.05) is 17.3 Å². The Hall–Kier alpha value is -1.40. The predicted molar refractivity (Wildman–Crippen MR) is 95.6 cm³/mol. The maximum atomic E-state index is 12.2. The SMILES string of the molecule is O=C(CCCCCCC(=O)NC1CCCc2cc(Br)ccc21)NO. The van der Waals surface area contributed by atoms with Crippen LogP contribution in [0, 0.1) is 0 Å². The van der Waals surface area contributed by atoms with E-state index in [9.17, 15) is 9.59 Å². The zero-order valence-corrected chi connectivity index (χ0v) is 15.4. The molecule has 2 rings (SSSR count). The van der Waals surface area contributed by atoms with Crippen molar-refractivity contribution in [2.45, 2.75) is 63.8 Å². The minimum atomic E-state index is -0.352. The van der Waals surface area contributed by atoms with Crippen molar-refractivity contribution in [1.29, 1.82) is 0 Å². The summed E-state index contributed by atoms with van der Waals surface area (Å²) in [7, 11) is 0. The van der Waals surface area contributed by atoms with E-state index in [4.69, 9.17) is 5.21 Å². The molecule has 1 unspecified atom stereocenters. The molecule has 6 heteroatoms. The van der Waals surface area contributed by atoms with Crippen molar-refractivity contribution in [2.24, 2.45) is 0 Å². The van der Waals surface area contributed by atoms with Gasteiger partial charge < -0.3 is 5.32 Å². The van der Waals surface area contributed by atoms with Gasteiger partial charge in [0.25, 0.3) is 0 Å². The van der Waals surface area contributed by atoms with Crippen LogP contribution >= 0.6 is 15.9 Å². The number of benzene rings is 1. The summed E-state index contributed by atoms with van der Waals surface area (Å²) in [6.45, 7) is 0. The zero-order chi connectivity index (χ0) is 17.4. The lowest BCUT2D eigenvalue weighted by molar-refractivity contribution is -0.129. The molecule has 0 saturated carbocycles. The van der Waals surface area contributed by atoms with Gasteiger partial charge in [-0.15, -0.1) is 0 Å². The van der Waals surface area contributed by atoms with Crippen LogP contribution in [-0.2, 0) is 16.0 Å². The Bertz CT molecular complexity index is 577. The van der Waals surface area contributed by atoms with Crippen LogP contribution in [0.4, 0.5) is 0 Å². The van der Waals surface area contributed by atoms with E-state index in [1.165, 1.54) is 11.1 Å². The lowest BCUT2D eigenvalue weighted by atomic mass is 9.87. The van der Waals surface area contributed by atoms with E-state index in [1.54, 1.807) is 5.48 Å². The molecule has 1 aliphatic carbocycles. The highest BCUT2D eigenvalue weighted by Gasteiger charge is 2.21. The molecule has 0 saturated heterocycles. The molecular weight excluding hydrogens is 372 g/mol. The minimum absolute atomic E-state index is 0.101. The second-order valence-electron chi connectivity index (χ2n) is 6.30. The topological polar surface area (TPSA) is 78.4 Å². The molecule has 1 aliphatic rings. The molecule has 3 N–H and O–H groups in total. The Morgan fingerprint density at radius 2 is 1.83 bits per heavy atom. The van der Waals surface area contributed by atoms with Crippen LogP contribution in [0.3, 0.4) is 0 Å². The molecule has 0 fully saturated rings. The van der Waals surface area contributed by atoms with Crippen LogP contribution in [0.15, 0.2) is 22.7 Å². The van der Waals surface area contributed by atoms with E-state index >= 15 is 0 Å². The Kier molecular flexibility index (Phi) is 7.72. The van der Waals surface area contributed by atoms with Crippen LogP contribution in [0.1, 0.15) is 68.5 Å². The first-order valence-corrected chi connectivity index (χ1v) is 9.40. The molecule has 0 aliphatic heterocycles. The number of fused-ring (bicyclic) bond motifs is 1. The number of carbonyl (C=O) groups excluding carboxylic acids is 2. The van der Waals surface area contributed by atoms with E-state index in [0.29, 0.717) is 12.8 Å². The first kappa shape index (κ1) is 18.9. The third-order valence-electron chi connectivity index (χ3n) is 4.44. The number of rotatable bonds is 8. The number of hydrogen-bond donors (Lipinski definition) is 3. The second kappa shape index (κ2) is 9.79. The molecule has 1 aromatic rings. The molecule has 0 heterocycles. The van der Waals surface area contributed by atoms with Gasteiger partial charge >= 0.3 is 0 Å². The van der Waals surface area contributed by atoms with Gasteiger partial charge in [-0.05, 0) is 55.4 Å². The summed E-state index contributed by atoms with van der Waals surface area (Å²) in [6, 6.07) is 6.42. The summed E-state index contributed by atoms with van der Waals surface area (Å²) in [5, 5.41) is 11.6. The minimum Gasteiger partial charge on any atom is -0.349 e. The van der Waals surface area contributed by atoms with Gasteiger partial charge in [-0.25, -0.2) is 5.48 Å². The van der Waals surface area contributed by atoms with Crippen molar-refractivity contribution < 1.29 is 14.8 Å². The van der Waals surface area contributed by atoms with Crippen molar-refractivity contribution in [3.63, 3.8) is 0 Å². The average Bonchev–Trinajstić information content (AvgIpc) is 2.57. The van der Waals surface area contributed by atoms with Gasteiger partial charge in [0.1, 0.15) is 0 Å². The zero-order valence-electron chi connectivity index (χ0n) is 13.8. The standard InChI is InChI=1S/C18H25BrN2O3/c19-14-10-11-15-13(12-14)6-5-7-16(15)20-17(22)8-3-1-2-4-9-18(23)21-24/h10-12,16,24H,1-9H2,(H,20,22)(H,21,23). The first-order valence-electron chi connectivity index (χ1n) is 8.61. The lowest BCUT2D eigenvalue weighted by Gasteiger charge is -2.26. The Labute approximate surface area is 151 Å². The van der Waals surface area contributed by atoms with Crippen molar-refractivity contribution in [1.82, 2.24) is 10.8 Å². The van der Waals surface area contributed by atoms with Crippen LogP contribution in [0.25, 0.3) is 0 Å². The first-order chi connectivity index (χ1) is 11.6. The normalized spacial score (nSPS) is 16.3. The average molecular weight is 397 g/mol. The maximum absolute atomic E-state index is 12.2. The largest absolute Gasteiger partial charge is 0.349 e. The third kappa shape index (κ3) is 5.91. The second-order valence-corrected chi connectivity index (χ2v) is 7.22. The highest BCUT2D eigenvalue weighted by molar-refractivity contribution is 9.10. The van der Waals surface area contributed by atoms with Crippen molar-refractivity contribution in [3.05, 3.63) is 33.8 Å². The highest BCUT2D eigenvalue weighted by Crippen LogP contribution is 2.31. The summed E-state index contributed by atoms with van der Waals surface area (Å²) in [5.74, 6) is -0.251. The molecule has 0 aromatic heterocycles. The molecule has 2 amide bonds. The molecule has 0 radical (unpaired) electrons. The van der Waals surface area contributed by atoms with Gasteiger partial charge in [0.15, 0.2) is 0 Å². The fourth-order valence-corrected chi connectivity index (χ4v) is 3.59. The van der Waals surface area contributed by atoms with Crippen molar-refractivity contribution in [2.75, 3.05) is 0 Å². The number of hydrogen-bond acceptors (Lipinski definition) is 3. The molecule has 0 spiro atoms. The Balaban J connectivity index is 1.69. The Morgan fingerprint density at radius 3 is 2.54 bits per heavy atom. The van der Waals surface area contributed by atoms with Crippen molar-refractivity contribution >= 4 is 27.7 Å². The molecule has 0 bridgehead atoms. The van der Waals surface area contributed by atoms with E-state index in [1.807, 2.05) is 6.07 Å². The van der Waals surface area contributed by atoms with Gasteiger partial charge in [-0.3, -0.25) is 14.8 Å². The molecule has 1 atom stereocenters. The van der Waals surface area contributed by atoms with Gasteiger partial charge in [0.2, 0.25) is 11.8 Å². The molecule has 24 heavy (non-hydrogen) atoms. The number of carbonyl (C=O) groups is 2. The fourth-order valence-electron chi connectivity index (χ4n) is 3.18. The lowest BCUT2D eigenvalue weighted by Crippen LogP contribution is -2.30. The summed E-state index contributed by atoms with van der Waals surface area (Å²) in [4.78, 5) is 23.0. The van der Waals surface area contributed by atoms with Crippen LogP contribution in [0.2, 0.25) is 0 Å². The van der Waals surface area contributed by atoms with Crippen LogP contribution in [0.5, 0.6) is 0 Å². The highest BCUT2D eigenvalue weighted by atomic mass is 79.9. The summed E-state index contributed by atoms with van der Waals surface area (Å²) in [5.41, 5.74) is 4.19. The number of hydroxylamine groups is 1. The van der Waals surface area contributed by atoms with Crippen molar-refractivity contribution in [3.8, 4) is 0 Å². The number of halogens is 1. The van der Waals surface area contributed by atoms with Crippen LogP contribution < -0.4 is 10.8 Å². The number of amides is 2. The Morgan fingerprint density at radius 1 is 1.12 bits per heavy atom. The number of nitrogens with one attached hydrogen (secondary N) is 2. The molecular formula is C18H25BrN2O3. The molecule has 132 valence electrons. The van der Waals surface area contributed by atoms with E-state index in [-0.39, 0.29) is 17.9 Å². The van der Waals surface area contributed by atoms with Gasteiger partial charge in [0.05, 0.1) is 6.04 Å². The number of aryl methyl sites for hydroxylation is 1. The summed E-state index contributed by atoms with van der Waals surface area (Å²) >= 11 is 3.50. The van der Waals surface area contributed by atoms with Gasteiger partial charge in [-0.2, -0.15) is 0 Å². The monoisotopic (exact) mass is 396 g/mol. The fraction of sp³-hybridized carbons (Fsp3) is 0.556. The smallest absolute Gasteiger partial charge is 0.243 e. The van der Waals surface area contributed by atoms with E-state index in [0.717, 1.165) is 49.4 Å². The summed E-state index contributed by atoms with van der Waals surface area (Å²) in [6.07, 6.45) is 7.39. The number of unbranched alkanes of at least 4 members (excludes halogenated alkanes) is 3. The third-order valence-corrected chi connectivity index (χ3v) is 4.93. The quantitative estimate of drug-likeness (QED) is 0.355. The predicted octanol–water partition coefficient (Wildman–Crippen LogP) is 3.79.